The molecule has 0 saturated carbocycles. The Morgan fingerprint density at radius 3 is 1.94 bits per heavy atom. The van der Waals surface area contributed by atoms with E-state index in [-0.39, 0.29) is 11.5 Å². The molecule has 0 aliphatic rings. The molecule has 1 aromatic carbocycles. The molecule has 0 heterocycles. The normalized spacial score (nSPS) is 9.83. The van der Waals surface area contributed by atoms with Crippen molar-refractivity contribution in [3.63, 3.8) is 0 Å². The van der Waals surface area contributed by atoms with Crippen LogP contribution in [-0.4, -0.2) is 26.5 Å². The Kier molecular flexibility index (Phi) is 3.72. The minimum atomic E-state index is -1.11. The number of aromatic hydroxyl groups is 1. The van der Waals surface area contributed by atoms with Gasteiger partial charge in [0.15, 0.2) is 6.61 Å². The average molecular weight is 258 g/mol. The first-order valence-corrected chi connectivity index (χ1v) is 4.64. The van der Waals surface area contributed by atoms with Crippen LogP contribution < -0.4 is 0 Å². The molecule has 0 spiro atoms. The number of phenolic OH excluding ortho intramolecular Hbond substituents is 1. The molecule has 10 heteroatoms. The molecule has 10 nitrogen and oxygen atoms in total. The van der Waals surface area contributed by atoms with Crippen molar-refractivity contribution < 1.29 is 24.7 Å². The second kappa shape index (κ2) is 5.03. The molecular formula is C8H8N3O7+. The summed E-state index contributed by atoms with van der Waals surface area (Å²) in [5.41, 5.74) is -2.34. The summed E-state index contributed by atoms with van der Waals surface area (Å²) in [6.07, 6.45) is 0. The second-order valence-electron chi connectivity index (χ2n) is 3.02. The summed E-state index contributed by atoms with van der Waals surface area (Å²) >= 11 is 0. The molecule has 96 valence electrons. The van der Waals surface area contributed by atoms with Gasteiger partial charge in [-0.2, -0.15) is 0 Å². The Balaban J connectivity index is 3.43. The fourth-order valence-electron chi connectivity index (χ4n) is 1.17. The highest BCUT2D eigenvalue weighted by Gasteiger charge is 2.32. The highest BCUT2D eigenvalue weighted by atomic mass is 16.8. The van der Waals surface area contributed by atoms with Gasteiger partial charge < -0.3 is 5.11 Å². The lowest BCUT2D eigenvalue weighted by molar-refractivity contribution is -0.744. The van der Waals surface area contributed by atoms with E-state index in [0.29, 0.717) is 12.1 Å². The van der Waals surface area contributed by atoms with Gasteiger partial charge in [-0.3, -0.25) is 20.2 Å². The molecule has 0 aliphatic heterocycles. The molecule has 0 unspecified atom stereocenters. The van der Waals surface area contributed by atoms with Crippen molar-refractivity contribution in [3.05, 3.63) is 37.3 Å². The molecule has 1 aromatic rings. The molecule has 0 bridgehead atoms. The van der Waals surface area contributed by atoms with Crippen LogP contribution in [0.25, 0.3) is 0 Å². The van der Waals surface area contributed by atoms with Crippen LogP contribution in [0.5, 0.6) is 5.75 Å². The zero-order valence-corrected chi connectivity index (χ0v) is 9.10. The van der Waals surface area contributed by atoms with Gasteiger partial charge in [-0.1, -0.05) is 0 Å². The van der Waals surface area contributed by atoms with E-state index in [9.17, 15) is 30.2 Å². The van der Waals surface area contributed by atoms with Crippen molar-refractivity contribution in [3.8, 4) is 5.75 Å². The summed E-state index contributed by atoms with van der Waals surface area (Å²) in [6, 6.07) is 1.37. The van der Waals surface area contributed by atoms with Crippen molar-refractivity contribution in [2.45, 2.75) is 6.92 Å². The zero-order valence-electron chi connectivity index (χ0n) is 9.10. The summed E-state index contributed by atoms with van der Waals surface area (Å²) in [5.74, 6) is -1.11. The Bertz CT molecular complexity index is 492. The molecule has 0 saturated heterocycles. The maximum atomic E-state index is 11.3. The van der Waals surface area contributed by atoms with Crippen molar-refractivity contribution in [2.24, 2.45) is 0 Å². The zero-order chi connectivity index (χ0) is 13.9. The SMILES string of the molecule is CCO[N+](=O)c1cc([N+](=O)[O-])c(O)c([N+](=O)[O-])c1. The first kappa shape index (κ1) is 13.3. The number of hydrogen-bond donors (Lipinski definition) is 1. The lowest BCUT2D eigenvalue weighted by Crippen LogP contribution is -2.04. The van der Waals surface area contributed by atoms with Gasteiger partial charge >= 0.3 is 17.1 Å². The van der Waals surface area contributed by atoms with E-state index in [1.165, 1.54) is 6.92 Å². The molecule has 0 aromatic heterocycles. The molecule has 0 radical (unpaired) electrons. The lowest BCUT2D eigenvalue weighted by atomic mass is 10.2. The van der Waals surface area contributed by atoms with E-state index in [1.807, 2.05) is 0 Å². The van der Waals surface area contributed by atoms with Gasteiger partial charge in [-0.05, 0) is 6.92 Å². The van der Waals surface area contributed by atoms with Crippen LogP contribution in [0.3, 0.4) is 0 Å². The van der Waals surface area contributed by atoms with Gasteiger partial charge in [0.2, 0.25) is 0 Å². The van der Waals surface area contributed by atoms with E-state index in [2.05, 4.69) is 4.84 Å². The largest absolute Gasteiger partial charge is 0.497 e. The van der Waals surface area contributed by atoms with Gasteiger partial charge in [0.1, 0.15) is 12.1 Å². The molecule has 18 heavy (non-hydrogen) atoms. The van der Waals surface area contributed by atoms with E-state index in [1.54, 1.807) is 0 Å². The van der Waals surface area contributed by atoms with E-state index in [0.717, 1.165) is 0 Å². The average Bonchev–Trinajstić information content (AvgIpc) is 2.28. The predicted molar refractivity (Wildman–Crippen MR) is 56.3 cm³/mol. The molecular weight excluding hydrogens is 250 g/mol. The number of rotatable bonds is 5. The van der Waals surface area contributed by atoms with Crippen LogP contribution >= 0.6 is 0 Å². The van der Waals surface area contributed by atoms with Crippen molar-refractivity contribution >= 4 is 17.1 Å². The number of nitro benzene ring substituents is 2. The number of nitro groups is 2. The molecule has 0 fully saturated rings. The lowest BCUT2D eigenvalue weighted by Gasteiger charge is -1.97. The maximum absolute atomic E-state index is 11.3. The van der Waals surface area contributed by atoms with E-state index < -0.39 is 32.7 Å². The van der Waals surface area contributed by atoms with Gasteiger partial charge in [-0.15, -0.1) is 0 Å². The van der Waals surface area contributed by atoms with Crippen LogP contribution in [0, 0.1) is 25.1 Å². The second-order valence-corrected chi connectivity index (χ2v) is 3.02. The van der Waals surface area contributed by atoms with Crippen LogP contribution in [0.15, 0.2) is 12.1 Å². The monoisotopic (exact) mass is 258 g/mol. The van der Waals surface area contributed by atoms with E-state index in [4.69, 9.17) is 0 Å². The molecule has 0 aliphatic carbocycles. The summed E-state index contributed by atoms with van der Waals surface area (Å²) in [4.78, 5) is 34.8. The topological polar surface area (TPSA) is 136 Å². The first-order chi connectivity index (χ1) is 8.38. The van der Waals surface area contributed by atoms with Crippen molar-refractivity contribution in [2.75, 3.05) is 6.61 Å². The van der Waals surface area contributed by atoms with Crippen LogP contribution in [0.4, 0.5) is 17.1 Å². The third-order valence-corrected chi connectivity index (χ3v) is 1.91. The summed E-state index contributed by atoms with van der Waals surface area (Å²) in [6.45, 7) is 1.47. The number of nitrogens with zero attached hydrogens (tertiary/aromatic N) is 3. The number of phenols is 1. The molecule has 0 amide bonds. The Morgan fingerprint density at radius 2 is 1.61 bits per heavy atom. The van der Waals surface area contributed by atoms with Gasteiger partial charge in [0.05, 0.1) is 14.8 Å². The highest BCUT2D eigenvalue weighted by Crippen LogP contribution is 2.39. The summed E-state index contributed by atoms with van der Waals surface area (Å²) in [5, 5.41) is 30.5. The number of hydrogen-bond acceptors (Lipinski definition) is 7. The van der Waals surface area contributed by atoms with Gasteiger partial charge in [0, 0.05) is 0 Å². The van der Waals surface area contributed by atoms with Crippen LogP contribution in [0.1, 0.15) is 6.92 Å². The van der Waals surface area contributed by atoms with Crippen LogP contribution in [0.2, 0.25) is 0 Å². The molecule has 1 N–H and O–H groups in total. The predicted octanol–water partition coefficient (Wildman–Crippen LogP) is 1.57. The third-order valence-electron chi connectivity index (χ3n) is 1.91. The third kappa shape index (κ3) is 2.48. The van der Waals surface area contributed by atoms with Crippen molar-refractivity contribution in [1.29, 1.82) is 0 Å². The molecule has 1 rings (SSSR count). The quantitative estimate of drug-likeness (QED) is 0.625. The van der Waals surface area contributed by atoms with Crippen molar-refractivity contribution in [1.82, 2.24) is 0 Å². The summed E-state index contributed by atoms with van der Waals surface area (Å²) in [7, 11) is 0. The minimum Gasteiger partial charge on any atom is -0.497 e. The van der Waals surface area contributed by atoms with Crippen LogP contribution in [-0.2, 0) is 4.84 Å². The van der Waals surface area contributed by atoms with E-state index >= 15 is 0 Å². The fraction of sp³-hybridized carbons (Fsp3) is 0.250. The molecule has 0 atom stereocenters. The van der Waals surface area contributed by atoms with Gasteiger partial charge in [0.25, 0.3) is 10.7 Å². The minimum absolute atomic E-state index is 0.0219. The Labute approximate surface area is 99.2 Å². The fourth-order valence-corrected chi connectivity index (χ4v) is 1.17. The van der Waals surface area contributed by atoms with Gasteiger partial charge in [-0.25, -0.2) is 4.84 Å². The highest BCUT2D eigenvalue weighted by molar-refractivity contribution is 5.64. The summed E-state index contributed by atoms with van der Waals surface area (Å²) < 4.78 is 0. The maximum Gasteiger partial charge on any atom is 0.330 e. The Hall–Kier alpha value is -2.78. The number of benzene rings is 1. The smallest absolute Gasteiger partial charge is 0.330 e. The Morgan fingerprint density at radius 1 is 1.17 bits per heavy atom. The standard InChI is InChI=1S/C8H7N3O7/c1-2-18-11(17)5-3-6(9(13)14)8(12)7(4-5)10(15)16/h3-4H,2H2,1H3/p+1. The first-order valence-electron chi connectivity index (χ1n) is 4.64.